The molecular formula is C16H30N8O6S. The van der Waals surface area contributed by atoms with E-state index in [1.54, 1.807) is 0 Å². The van der Waals surface area contributed by atoms with Gasteiger partial charge in [-0.1, -0.05) is 0 Å². The number of carbonyl (C=O) groups is 5. The Morgan fingerprint density at radius 1 is 0.968 bits per heavy atom. The topological polar surface area (TPSA) is 258 Å². The smallest absolute Gasteiger partial charge is 0.327 e. The largest absolute Gasteiger partial charge is 0.480 e. The van der Waals surface area contributed by atoms with E-state index in [0.717, 1.165) is 0 Å². The number of nitrogens with two attached hydrogens (primary N) is 4. The van der Waals surface area contributed by atoms with Crippen LogP contribution in [0.2, 0.25) is 0 Å². The van der Waals surface area contributed by atoms with Crippen LogP contribution in [0, 0.1) is 0 Å². The van der Waals surface area contributed by atoms with Crippen molar-refractivity contribution in [2.45, 2.75) is 43.8 Å². The summed E-state index contributed by atoms with van der Waals surface area (Å²) >= 11 is 3.86. The van der Waals surface area contributed by atoms with Crippen molar-refractivity contribution in [2.75, 3.05) is 18.8 Å². The molecule has 3 unspecified atom stereocenters. The lowest BCUT2D eigenvalue weighted by Gasteiger charge is -2.21. The van der Waals surface area contributed by atoms with Crippen LogP contribution < -0.4 is 38.9 Å². The molecule has 4 amide bonds. The van der Waals surface area contributed by atoms with E-state index in [4.69, 9.17) is 28.0 Å². The van der Waals surface area contributed by atoms with E-state index in [1.165, 1.54) is 0 Å². The Kier molecular flexibility index (Phi) is 13.4. The van der Waals surface area contributed by atoms with E-state index in [-0.39, 0.29) is 37.5 Å². The molecule has 0 aliphatic carbocycles. The van der Waals surface area contributed by atoms with Crippen LogP contribution in [0.4, 0.5) is 0 Å². The number of carboxylic acid groups (broad SMARTS) is 1. The van der Waals surface area contributed by atoms with Crippen molar-refractivity contribution in [3.63, 3.8) is 0 Å². The number of aliphatic carboxylic acids is 1. The normalized spacial score (nSPS) is 13.2. The van der Waals surface area contributed by atoms with E-state index >= 15 is 0 Å². The molecule has 0 spiro atoms. The molecule has 0 heterocycles. The summed E-state index contributed by atoms with van der Waals surface area (Å²) in [4.78, 5) is 62.0. The summed E-state index contributed by atoms with van der Waals surface area (Å²) < 4.78 is 0. The number of primary amides is 1. The van der Waals surface area contributed by atoms with E-state index in [9.17, 15) is 24.0 Å². The van der Waals surface area contributed by atoms with Crippen LogP contribution in [0.3, 0.4) is 0 Å². The van der Waals surface area contributed by atoms with Gasteiger partial charge in [0.15, 0.2) is 5.96 Å². The molecule has 176 valence electrons. The molecule has 0 aromatic rings. The molecule has 0 saturated carbocycles. The van der Waals surface area contributed by atoms with Crippen LogP contribution in [-0.4, -0.2) is 77.6 Å². The summed E-state index contributed by atoms with van der Waals surface area (Å²) in [7, 11) is 0. The number of hydrogen-bond acceptors (Lipinski definition) is 8. The molecular weight excluding hydrogens is 432 g/mol. The molecule has 14 nitrogen and oxygen atoms in total. The van der Waals surface area contributed by atoms with Crippen molar-refractivity contribution in [1.29, 1.82) is 0 Å². The highest BCUT2D eigenvalue weighted by Gasteiger charge is 2.26. The Balaban J connectivity index is 4.87. The summed E-state index contributed by atoms with van der Waals surface area (Å²) in [5.74, 6) is -4.33. The van der Waals surface area contributed by atoms with Crippen LogP contribution in [0.5, 0.6) is 0 Å². The predicted octanol–water partition coefficient (Wildman–Crippen LogP) is -4.27. The lowest BCUT2D eigenvalue weighted by molar-refractivity contribution is -0.141. The molecule has 0 rings (SSSR count). The molecule has 0 aliphatic rings. The number of nitrogens with zero attached hydrogens (tertiary/aromatic N) is 1. The van der Waals surface area contributed by atoms with Gasteiger partial charge in [-0.25, -0.2) is 4.79 Å². The monoisotopic (exact) mass is 462 g/mol. The zero-order chi connectivity index (χ0) is 24.0. The van der Waals surface area contributed by atoms with Crippen molar-refractivity contribution in [3.05, 3.63) is 0 Å². The van der Waals surface area contributed by atoms with Gasteiger partial charge in [0, 0.05) is 18.7 Å². The lowest BCUT2D eigenvalue weighted by atomic mass is 10.1. The fraction of sp³-hybridized carbons (Fsp3) is 0.625. The van der Waals surface area contributed by atoms with Gasteiger partial charge in [0.2, 0.25) is 23.6 Å². The van der Waals surface area contributed by atoms with Gasteiger partial charge in [0.25, 0.3) is 0 Å². The van der Waals surface area contributed by atoms with Crippen molar-refractivity contribution in [1.82, 2.24) is 16.0 Å². The first kappa shape index (κ1) is 27.9. The minimum atomic E-state index is -1.29. The minimum Gasteiger partial charge on any atom is -0.480 e. The Morgan fingerprint density at radius 3 is 2.13 bits per heavy atom. The van der Waals surface area contributed by atoms with Crippen LogP contribution in [0.15, 0.2) is 4.99 Å². The number of thiol groups is 1. The second-order valence-corrected chi connectivity index (χ2v) is 6.85. The third-order valence-corrected chi connectivity index (χ3v) is 4.22. The molecule has 0 bridgehead atoms. The van der Waals surface area contributed by atoms with E-state index in [1.807, 2.05) is 0 Å². The Bertz CT molecular complexity index is 685. The molecule has 15 heteroatoms. The average molecular weight is 463 g/mol. The van der Waals surface area contributed by atoms with Crippen LogP contribution >= 0.6 is 12.6 Å². The number of carbonyl (C=O) groups excluding carboxylic acids is 4. The van der Waals surface area contributed by atoms with Crippen LogP contribution in [-0.2, 0) is 24.0 Å². The third kappa shape index (κ3) is 13.0. The van der Waals surface area contributed by atoms with Gasteiger partial charge in [-0.05, 0) is 19.3 Å². The SMILES string of the molecule is NC(=O)CCC(N)C(=O)NCC(=O)NC(CCCN=C(N)N)C(=O)NC(CS)C(=O)O. The van der Waals surface area contributed by atoms with Gasteiger partial charge in [-0.2, -0.15) is 12.6 Å². The van der Waals surface area contributed by atoms with Crippen LogP contribution in [0.25, 0.3) is 0 Å². The molecule has 0 aromatic carbocycles. The fourth-order valence-electron chi connectivity index (χ4n) is 2.20. The maximum Gasteiger partial charge on any atom is 0.327 e. The van der Waals surface area contributed by atoms with E-state index in [0.29, 0.717) is 6.42 Å². The Hall–Kier alpha value is -3.07. The van der Waals surface area contributed by atoms with E-state index < -0.39 is 54.3 Å². The fourth-order valence-corrected chi connectivity index (χ4v) is 2.45. The zero-order valence-corrected chi connectivity index (χ0v) is 17.8. The summed E-state index contributed by atoms with van der Waals surface area (Å²) in [5.41, 5.74) is 21.0. The maximum absolute atomic E-state index is 12.4. The molecule has 3 atom stereocenters. The molecule has 12 N–H and O–H groups in total. The van der Waals surface area contributed by atoms with Gasteiger partial charge >= 0.3 is 5.97 Å². The molecule has 0 saturated heterocycles. The number of guanidine groups is 1. The second-order valence-electron chi connectivity index (χ2n) is 6.48. The highest BCUT2D eigenvalue weighted by atomic mass is 32.1. The van der Waals surface area contributed by atoms with Crippen molar-refractivity contribution in [2.24, 2.45) is 27.9 Å². The standard InChI is InChI=1S/C16H30N8O6S/c17-8(3-4-11(18)25)13(27)22-6-12(26)23-9(2-1-5-21-16(19)20)14(28)24-10(7-31)15(29)30/h8-10,31H,1-7,17H2,(H2,18,25)(H,22,27)(H,23,26)(H,24,28)(H,29,30)(H4,19,20,21). The zero-order valence-electron chi connectivity index (χ0n) is 16.9. The predicted molar refractivity (Wildman–Crippen MR) is 115 cm³/mol. The van der Waals surface area contributed by atoms with Crippen LogP contribution in [0.1, 0.15) is 25.7 Å². The highest BCUT2D eigenvalue weighted by Crippen LogP contribution is 2.01. The first-order valence-corrected chi connectivity index (χ1v) is 9.91. The first-order valence-electron chi connectivity index (χ1n) is 9.28. The summed E-state index contributed by atoms with van der Waals surface area (Å²) in [6.07, 6.45) is 0.326. The number of rotatable bonds is 15. The molecule has 0 fully saturated rings. The minimum absolute atomic E-state index is 0.0128. The summed E-state index contributed by atoms with van der Waals surface area (Å²) in [6.45, 7) is -0.307. The van der Waals surface area contributed by atoms with Gasteiger partial charge in [-0.3, -0.25) is 24.2 Å². The van der Waals surface area contributed by atoms with E-state index in [2.05, 4.69) is 33.6 Å². The van der Waals surface area contributed by atoms with Crippen molar-refractivity contribution < 1.29 is 29.1 Å². The van der Waals surface area contributed by atoms with Gasteiger partial charge in [-0.15, -0.1) is 0 Å². The third-order valence-electron chi connectivity index (χ3n) is 3.86. The summed E-state index contributed by atoms with van der Waals surface area (Å²) in [5, 5.41) is 16.0. The molecule has 31 heavy (non-hydrogen) atoms. The first-order chi connectivity index (χ1) is 14.5. The lowest BCUT2D eigenvalue weighted by Crippen LogP contribution is -2.54. The molecule has 0 radical (unpaired) electrons. The second kappa shape index (κ2) is 14.8. The Morgan fingerprint density at radius 2 is 1.61 bits per heavy atom. The number of carboxylic acids is 1. The van der Waals surface area contributed by atoms with Crippen molar-refractivity contribution >= 4 is 48.2 Å². The molecule has 0 aliphatic heterocycles. The van der Waals surface area contributed by atoms with Gasteiger partial charge in [0.1, 0.15) is 12.1 Å². The van der Waals surface area contributed by atoms with Gasteiger partial charge in [0.05, 0.1) is 12.6 Å². The highest BCUT2D eigenvalue weighted by molar-refractivity contribution is 7.80. The maximum atomic E-state index is 12.4. The number of amides is 4. The van der Waals surface area contributed by atoms with Gasteiger partial charge < -0.3 is 44.0 Å². The Labute approximate surface area is 184 Å². The van der Waals surface area contributed by atoms with Crippen molar-refractivity contribution in [3.8, 4) is 0 Å². The summed E-state index contributed by atoms with van der Waals surface area (Å²) in [6, 6.07) is -3.40. The quantitative estimate of drug-likeness (QED) is 0.0493. The number of hydrogen-bond donors (Lipinski definition) is 9. The average Bonchev–Trinajstić information content (AvgIpc) is 2.69. The molecule has 0 aromatic heterocycles. The number of aliphatic imine (C=N–C) groups is 1. The number of nitrogens with one attached hydrogen (secondary N) is 3.